The summed E-state index contributed by atoms with van der Waals surface area (Å²) in [7, 11) is -3.72. The van der Waals surface area contributed by atoms with Gasteiger partial charge in [0.2, 0.25) is 15.9 Å². The quantitative estimate of drug-likeness (QED) is 0.779. The van der Waals surface area contributed by atoms with Crippen LogP contribution in [0.15, 0.2) is 57.9 Å². The highest BCUT2D eigenvalue weighted by Gasteiger charge is 2.39. The summed E-state index contributed by atoms with van der Waals surface area (Å²) in [6.45, 7) is 0.325. The number of hydrogen-bond donors (Lipinski definition) is 1. The minimum absolute atomic E-state index is 0.179. The molecule has 1 amide bonds. The van der Waals surface area contributed by atoms with E-state index in [1.54, 1.807) is 36.4 Å². The number of amides is 1. The lowest BCUT2D eigenvalue weighted by Crippen LogP contribution is -2.43. The Balaban J connectivity index is 1.82. The maximum Gasteiger partial charge on any atom is 0.243 e. The van der Waals surface area contributed by atoms with Crippen LogP contribution in [0, 0.1) is 0 Å². The van der Waals surface area contributed by atoms with Gasteiger partial charge in [0.25, 0.3) is 0 Å². The summed E-state index contributed by atoms with van der Waals surface area (Å²) in [6, 6.07) is 12.4. The van der Waals surface area contributed by atoms with Crippen LogP contribution in [0.2, 0.25) is 5.02 Å². The fraction of sp³-hybridized carbons (Fsp3) is 0.235. The van der Waals surface area contributed by atoms with Gasteiger partial charge >= 0.3 is 0 Å². The van der Waals surface area contributed by atoms with Gasteiger partial charge in [-0.05, 0) is 55.3 Å². The summed E-state index contributed by atoms with van der Waals surface area (Å²) in [6.07, 6.45) is 1.13. The maximum atomic E-state index is 12.9. The van der Waals surface area contributed by atoms with Crippen molar-refractivity contribution in [3.8, 4) is 0 Å². The lowest BCUT2D eigenvalue weighted by Gasteiger charge is -2.23. The first kappa shape index (κ1) is 18.4. The molecule has 1 N–H and O–H groups in total. The van der Waals surface area contributed by atoms with Gasteiger partial charge in [0.05, 0.1) is 4.90 Å². The molecule has 1 atom stereocenters. The minimum Gasteiger partial charge on any atom is -0.325 e. The van der Waals surface area contributed by atoms with Crippen molar-refractivity contribution in [2.75, 3.05) is 11.9 Å². The van der Waals surface area contributed by atoms with E-state index in [1.807, 2.05) is 0 Å². The number of nitrogens with zero attached hydrogens (tertiary/aromatic N) is 1. The Morgan fingerprint density at radius 2 is 1.92 bits per heavy atom. The van der Waals surface area contributed by atoms with E-state index in [2.05, 4.69) is 21.2 Å². The van der Waals surface area contributed by atoms with E-state index in [-0.39, 0.29) is 10.8 Å². The SMILES string of the molecule is O=C(Nc1cccc(Cl)c1)C1CCCN1S(=O)(=O)c1ccc(Br)cc1. The second-order valence-corrected chi connectivity index (χ2v) is 8.97. The van der Waals surface area contributed by atoms with Crippen molar-refractivity contribution in [1.29, 1.82) is 0 Å². The van der Waals surface area contributed by atoms with Crippen LogP contribution in [0.25, 0.3) is 0 Å². The molecule has 8 heteroatoms. The summed E-state index contributed by atoms with van der Waals surface area (Å²) < 4.78 is 27.8. The Morgan fingerprint density at radius 1 is 1.20 bits per heavy atom. The van der Waals surface area contributed by atoms with E-state index < -0.39 is 16.1 Å². The van der Waals surface area contributed by atoms with Crippen molar-refractivity contribution in [1.82, 2.24) is 4.31 Å². The van der Waals surface area contributed by atoms with Crippen LogP contribution in [-0.2, 0) is 14.8 Å². The molecule has 5 nitrogen and oxygen atoms in total. The molecule has 0 aliphatic carbocycles. The predicted octanol–water partition coefficient (Wildman–Crippen LogP) is 3.89. The van der Waals surface area contributed by atoms with Gasteiger partial charge in [-0.3, -0.25) is 4.79 Å². The fourth-order valence-electron chi connectivity index (χ4n) is 2.82. The third-order valence-corrected chi connectivity index (χ3v) is 6.70. The van der Waals surface area contributed by atoms with Gasteiger partial charge in [0, 0.05) is 21.7 Å². The molecule has 25 heavy (non-hydrogen) atoms. The average molecular weight is 444 g/mol. The number of nitrogens with one attached hydrogen (secondary N) is 1. The van der Waals surface area contributed by atoms with Crippen LogP contribution >= 0.6 is 27.5 Å². The van der Waals surface area contributed by atoms with Crippen molar-refractivity contribution in [2.45, 2.75) is 23.8 Å². The second kappa shape index (κ2) is 7.45. The molecule has 0 bridgehead atoms. The molecule has 1 saturated heterocycles. The Morgan fingerprint density at radius 3 is 2.60 bits per heavy atom. The van der Waals surface area contributed by atoms with Crippen molar-refractivity contribution < 1.29 is 13.2 Å². The van der Waals surface area contributed by atoms with Gasteiger partial charge in [-0.2, -0.15) is 4.31 Å². The molecule has 2 aromatic rings. The number of anilines is 1. The zero-order chi connectivity index (χ0) is 18.0. The molecule has 0 saturated carbocycles. The number of carbonyl (C=O) groups is 1. The maximum absolute atomic E-state index is 12.9. The van der Waals surface area contributed by atoms with E-state index in [9.17, 15) is 13.2 Å². The standard InChI is InChI=1S/C17H16BrClN2O3S/c18-12-6-8-15(9-7-12)25(23,24)21-10-2-5-16(21)17(22)20-14-4-1-3-13(19)11-14/h1,3-4,6-9,11,16H,2,5,10H2,(H,20,22). The van der Waals surface area contributed by atoms with E-state index in [0.29, 0.717) is 30.1 Å². The van der Waals surface area contributed by atoms with E-state index in [1.165, 1.54) is 16.4 Å². The van der Waals surface area contributed by atoms with Gasteiger partial charge < -0.3 is 5.32 Å². The molecule has 1 aliphatic rings. The lowest BCUT2D eigenvalue weighted by atomic mass is 10.2. The van der Waals surface area contributed by atoms with E-state index in [0.717, 1.165) is 4.47 Å². The summed E-state index contributed by atoms with van der Waals surface area (Å²) in [5, 5.41) is 3.25. The highest BCUT2D eigenvalue weighted by atomic mass is 79.9. The topological polar surface area (TPSA) is 66.5 Å². The molecule has 0 spiro atoms. The Hall–Kier alpha value is -1.41. The summed E-state index contributed by atoms with van der Waals surface area (Å²) in [4.78, 5) is 12.8. The van der Waals surface area contributed by atoms with Crippen molar-refractivity contribution in [3.63, 3.8) is 0 Å². The molecule has 0 radical (unpaired) electrons. The fourth-order valence-corrected chi connectivity index (χ4v) is 4.93. The van der Waals surface area contributed by atoms with Crippen LogP contribution < -0.4 is 5.32 Å². The molecule has 0 aromatic heterocycles. The minimum atomic E-state index is -3.72. The molecule has 2 aromatic carbocycles. The van der Waals surface area contributed by atoms with Gasteiger partial charge in [-0.1, -0.05) is 33.6 Å². The van der Waals surface area contributed by atoms with Crippen LogP contribution in [0.5, 0.6) is 0 Å². The molecule has 1 fully saturated rings. The average Bonchev–Trinajstić information content (AvgIpc) is 3.06. The van der Waals surface area contributed by atoms with Crippen LogP contribution in [-0.4, -0.2) is 31.2 Å². The Kier molecular flexibility index (Phi) is 5.48. The number of rotatable bonds is 4. The normalized spacial score (nSPS) is 18.2. The second-order valence-electron chi connectivity index (χ2n) is 5.73. The highest BCUT2D eigenvalue weighted by Crippen LogP contribution is 2.28. The first-order chi connectivity index (χ1) is 11.9. The summed E-state index contributed by atoms with van der Waals surface area (Å²) in [5.74, 6) is -0.347. The molecular weight excluding hydrogens is 428 g/mol. The largest absolute Gasteiger partial charge is 0.325 e. The smallest absolute Gasteiger partial charge is 0.243 e. The predicted molar refractivity (Wildman–Crippen MR) is 101 cm³/mol. The van der Waals surface area contributed by atoms with Gasteiger partial charge in [0.1, 0.15) is 6.04 Å². The van der Waals surface area contributed by atoms with E-state index in [4.69, 9.17) is 11.6 Å². The van der Waals surface area contributed by atoms with E-state index >= 15 is 0 Å². The molecule has 1 heterocycles. The summed E-state index contributed by atoms with van der Waals surface area (Å²) in [5.41, 5.74) is 0.547. The monoisotopic (exact) mass is 442 g/mol. The molecule has 132 valence electrons. The third kappa shape index (κ3) is 4.06. The first-order valence-corrected chi connectivity index (χ1v) is 10.3. The number of halogens is 2. The number of carbonyl (C=O) groups excluding carboxylic acids is 1. The Labute approximate surface area is 160 Å². The zero-order valence-corrected chi connectivity index (χ0v) is 16.3. The highest BCUT2D eigenvalue weighted by molar-refractivity contribution is 9.10. The van der Waals surface area contributed by atoms with Crippen LogP contribution in [0.3, 0.4) is 0 Å². The van der Waals surface area contributed by atoms with Gasteiger partial charge in [-0.15, -0.1) is 0 Å². The van der Waals surface area contributed by atoms with Crippen molar-refractivity contribution >= 4 is 49.1 Å². The molecular formula is C17H16BrClN2O3S. The molecule has 1 unspecified atom stereocenters. The number of benzene rings is 2. The number of hydrogen-bond acceptors (Lipinski definition) is 3. The molecule has 1 aliphatic heterocycles. The zero-order valence-electron chi connectivity index (χ0n) is 13.2. The molecule has 3 rings (SSSR count). The van der Waals surface area contributed by atoms with Gasteiger partial charge in [-0.25, -0.2) is 8.42 Å². The van der Waals surface area contributed by atoms with Crippen molar-refractivity contribution in [3.05, 3.63) is 58.0 Å². The van der Waals surface area contributed by atoms with Crippen LogP contribution in [0.1, 0.15) is 12.8 Å². The van der Waals surface area contributed by atoms with Crippen LogP contribution in [0.4, 0.5) is 5.69 Å². The Bertz CT molecular complexity index is 887. The lowest BCUT2D eigenvalue weighted by molar-refractivity contribution is -0.119. The van der Waals surface area contributed by atoms with Crippen molar-refractivity contribution in [2.24, 2.45) is 0 Å². The summed E-state index contributed by atoms with van der Waals surface area (Å²) >= 11 is 9.21. The van der Waals surface area contributed by atoms with Gasteiger partial charge in [0.15, 0.2) is 0 Å². The number of sulfonamides is 1. The third-order valence-electron chi connectivity index (χ3n) is 4.02. The first-order valence-electron chi connectivity index (χ1n) is 7.72.